The fourth-order valence-electron chi connectivity index (χ4n) is 2.26. The molecular formula is C21H17N3O3S. The van der Waals surface area contributed by atoms with Crippen molar-refractivity contribution in [2.45, 2.75) is 0 Å². The minimum absolute atomic E-state index is 0.105. The lowest BCUT2D eigenvalue weighted by atomic mass is 10.2. The molecule has 1 heterocycles. The molecule has 0 radical (unpaired) electrons. The minimum atomic E-state index is -0.600. The monoisotopic (exact) mass is 391 g/mol. The lowest BCUT2D eigenvalue weighted by Crippen LogP contribution is -2.32. The van der Waals surface area contributed by atoms with Crippen LogP contribution in [-0.2, 0) is 4.74 Å². The van der Waals surface area contributed by atoms with Gasteiger partial charge in [-0.1, -0.05) is 54.6 Å². The van der Waals surface area contributed by atoms with E-state index in [0.29, 0.717) is 5.69 Å². The summed E-state index contributed by atoms with van der Waals surface area (Å²) >= 11 is 0.978. The molecule has 1 aromatic heterocycles. The van der Waals surface area contributed by atoms with Gasteiger partial charge < -0.3 is 4.74 Å². The van der Waals surface area contributed by atoms with Crippen LogP contribution in [0.25, 0.3) is 6.08 Å². The normalized spacial score (nSPS) is 12.0. The van der Waals surface area contributed by atoms with Gasteiger partial charge in [-0.15, -0.1) is 0 Å². The van der Waals surface area contributed by atoms with E-state index in [1.54, 1.807) is 18.2 Å². The van der Waals surface area contributed by atoms with Gasteiger partial charge in [0.05, 0.1) is 12.8 Å². The molecule has 3 rings (SSSR count). The molecule has 0 spiro atoms. The molecule has 28 heavy (non-hydrogen) atoms. The second-order valence-electron chi connectivity index (χ2n) is 5.53. The van der Waals surface area contributed by atoms with Gasteiger partial charge in [-0.2, -0.15) is 9.17 Å². The van der Waals surface area contributed by atoms with E-state index in [0.717, 1.165) is 17.1 Å². The Morgan fingerprint density at radius 3 is 2.43 bits per heavy atom. The van der Waals surface area contributed by atoms with Crippen molar-refractivity contribution in [1.82, 2.24) is 4.07 Å². The fourth-order valence-corrected chi connectivity index (χ4v) is 3.08. The zero-order chi connectivity index (χ0) is 19.8. The topological polar surface area (TPSA) is 73.0 Å². The molecule has 0 N–H and O–H groups in total. The van der Waals surface area contributed by atoms with Crippen molar-refractivity contribution >= 4 is 35.5 Å². The Bertz CT molecular complexity index is 1130. The van der Waals surface area contributed by atoms with Crippen molar-refractivity contribution in [3.63, 3.8) is 0 Å². The van der Waals surface area contributed by atoms with E-state index in [-0.39, 0.29) is 10.4 Å². The molecule has 0 saturated heterocycles. The summed E-state index contributed by atoms with van der Waals surface area (Å²) < 4.78 is 6.03. The second kappa shape index (κ2) is 9.38. The van der Waals surface area contributed by atoms with Crippen molar-refractivity contribution in [3.05, 3.63) is 99.0 Å². The van der Waals surface area contributed by atoms with Crippen LogP contribution < -0.4 is 10.9 Å². The van der Waals surface area contributed by atoms with Crippen LogP contribution in [0.2, 0.25) is 0 Å². The summed E-state index contributed by atoms with van der Waals surface area (Å²) in [5.41, 5.74) is 1.31. The van der Waals surface area contributed by atoms with Crippen molar-refractivity contribution in [1.29, 1.82) is 0 Å². The molecule has 0 unspecified atom stereocenters. The summed E-state index contributed by atoms with van der Waals surface area (Å²) in [5.74, 6) is -0.600. The molecule has 0 fully saturated rings. The Balaban J connectivity index is 2.03. The lowest BCUT2D eigenvalue weighted by molar-refractivity contribution is 0.0605. The number of ether oxygens (including phenoxy) is 1. The average molecular weight is 391 g/mol. The van der Waals surface area contributed by atoms with Crippen LogP contribution in [0.3, 0.4) is 0 Å². The van der Waals surface area contributed by atoms with Gasteiger partial charge in [0, 0.05) is 12.3 Å². The number of carbonyl (C=O) groups is 1. The molecule has 3 aromatic rings. The van der Waals surface area contributed by atoms with Gasteiger partial charge in [0.1, 0.15) is 4.88 Å². The van der Waals surface area contributed by atoms with Gasteiger partial charge >= 0.3 is 5.97 Å². The average Bonchev–Trinajstić information content (AvgIpc) is 2.74. The van der Waals surface area contributed by atoms with Crippen molar-refractivity contribution in [2.75, 3.05) is 7.11 Å². The maximum atomic E-state index is 12.5. The first kappa shape index (κ1) is 19.2. The van der Waals surface area contributed by atoms with Gasteiger partial charge in [0.15, 0.2) is 0 Å². The van der Waals surface area contributed by atoms with Crippen molar-refractivity contribution in [3.8, 4) is 0 Å². The van der Waals surface area contributed by atoms with Gasteiger partial charge in [-0.25, -0.2) is 9.79 Å². The number of nitrogens with zero attached hydrogens (tertiary/aromatic N) is 3. The Morgan fingerprint density at radius 2 is 1.75 bits per heavy atom. The number of aromatic nitrogens is 1. The van der Waals surface area contributed by atoms with Gasteiger partial charge in [0.25, 0.3) is 0 Å². The highest BCUT2D eigenvalue weighted by molar-refractivity contribution is 7.08. The molecule has 0 aliphatic heterocycles. The van der Waals surface area contributed by atoms with Crippen LogP contribution in [-0.4, -0.2) is 23.4 Å². The quantitative estimate of drug-likeness (QED) is 0.494. The van der Waals surface area contributed by atoms with E-state index in [9.17, 15) is 9.59 Å². The van der Waals surface area contributed by atoms with Gasteiger partial charge in [-0.05, 0) is 35.3 Å². The SMILES string of the molecule is COC(=O)c1cc(=O)c(=Nc2ccccc2)n(/N=C/C=C/c2ccccc2)s1. The summed E-state index contributed by atoms with van der Waals surface area (Å²) in [7, 11) is 1.26. The van der Waals surface area contributed by atoms with Crippen LogP contribution >= 0.6 is 11.5 Å². The highest BCUT2D eigenvalue weighted by atomic mass is 32.1. The van der Waals surface area contributed by atoms with E-state index in [1.165, 1.54) is 23.5 Å². The second-order valence-corrected chi connectivity index (χ2v) is 6.50. The maximum absolute atomic E-state index is 12.5. The van der Waals surface area contributed by atoms with E-state index in [4.69, 9.17) is 4.74 Å². The van der Waals surface area contributed by atoms with Crippen LogP contribution in [0.1, 0.15) is 15.2 Å². The summed E-state index contributed by atoms with van der Waals surface area (Å²) in [6.07, 6.45) is 5.16. The molecular weight excluding hydrogens is 374 g/mol. The number of hydrogen-bond donors (Lipinski definition) is 0. The van der Waals surface area contributed by atoms with Crippen LogP contribution in [0.5, 0.6) is 0 Å². The van der Waals surface area contributed by atoms with Gasteiger partial charge in [-0.3, -0.25) is 4.79 Å². The highest BCUT2D eigenvalue weighted by Gasteiger charge is 2.11. The molecule has 0 atom stereocenters. The largest absolute Gasteiger partial charge is 0.465 e. The Hall–Kier alpha value is -3.58. The van der Waals surface area contributed by atoms with Crippen LogP contribution in [0.4, 0.5) is 5.69 Å². The molecule has 6 nitrogen and oxygen atoms in total. The zero-order valence-corrected chi connectivity index (χ0v) is 15.9. The molecule has 0 saturated carbocycles. The molecule has 140 valence electrons. The minimum Gasteiger partial charge on any atom is -0.465 e. The van der Waals surface area contributed by atoms with E-state index in [1.807, 2.05) is 54.6 Å². The van der Waals surface area contributed by atoms with E-state index < -0.39 is 11.4 Å². The maximum Gasteiger partial charge on any atom is 0.349 e. The summed E-state index contributed by atoms with van der Waals surface area (Å²) in [6, 6.07) is 20.0. The van der Waals surface area contributed by atoms with Crippen molar-refractivity contribution < 1.29 is 9.53 Å². The zero-order valence-electron chi connectivity index (χ0n) is 15.1. The Kier molecular flexibility index (Phi) is 6.43. The number of rotatable bonds is 5. The summed E-state index contributed by atoms with van der Waals surface area (Å²) in [5, 5.41) is 4.28. The van der Waals surface area contributed by atoms with E-state index in [2.05, 4.69) is 10.1 Å². The number of hydrogen-bond acceptors (Lipinski definition) is 6. The summed E-state index contributed by atoms with van der Waals surface area (Å²) in [4.78, 5) is 28.9. The molecule has 0 aliphatic rings. The van der Waals surface area contributed by atoms with Crippen LogP contribution in [0, 0.1) is 0 Å². The fraction of sp³-hybridized carbons (Fsp3) is 0.0476. The Labute approximate surface area is 165 Å². The smallest absolute Gasteiger partial charge is 0.349 e. The molecule has 0 amide bonds. The predicted octanol–water partition coefficient (Wildman–Crippen LogP) is 3.48. The molecule has 7 heteroatoms. The standard InChI is InChI=1S/C21H17N3O3S/c1-27-21(26)19-15-18(25)20(23-17-12-6-3-7-13-17)24(28-19)22-14-8-11-16-9-4-2-5-10-16/h2-15H,1H3/b11-8+,22-14+,23-20?. The number of para-hydroxylation sites is 1. The number of benzene rings is 2. The number of esters is 1. The van der Waals surface area contributed by atoms with Gasteiger partial charge in [0.2, 0.25) is 10.9 Å². The van der Waals surface area contributed by atoms with Crippen molar-refractivity contribution in [2.24, 2.45) is 10.1 Å². The number of carbonyl (C=O) groups excluding carboxylic acids is 1. The number of allylic oxidation sites excluding steroid dienone is 1. The third kappa shape index (κ3) is 4.99. The van der Waals surface area contributed by atoms with E-state index >= 15 is 0 Å². The third-order valence-electron chi connectivity index (χ3n) is 3.57. The highest BCUT2D eigenvalue weighted by Crippen LogP contribution is 2.09. The molecule has 0 bridgehead atoms. The first-order valence-electron chi connectivity index (χ1n) is 8.39. The summed E-state index contributed by atoms with van der Waals surface area (Å²) in [6.45, 7) is 0. The number of methoxy groups -OCH3 is 1. The first-order valence-corrected chi connectivity index (χ1v) is 9.16. The Morgan fingerprint density at radius 1 is 1.07 bits per heavy atom. The predicted molar refractivity (Wildman–Crippen MR) is 111 cm³/mol. The molecule has 2 aromatic carbocycles. The first-order chi connectivity index (χ1) is 13.7. The lowest BCUT2D eigenvalue weighted by Gasteiger charge is -2.02. The third-order valence-corrected chi connectivity index (χ3v) is 4.49. The van der Waals surface area contributed by atoms with Crippen LogP contribution in [0.15, 0.2) is 87.7 Å². The molecule has 0 aliphatic carbocycles.